The molecule has 112 valence electrons. The third-order valence-electron chi connectivity index (χ3n) is 3.59. The van der Waals surface area contributed by atoms with Crippen LogP contribution in [0.4, 0.5) is 4.79 Å². The van der Waals surface area contributed by atoms with Crippen molar-refractivity contribution < 1.29 is 14.3 Å². The monoisotopic (exact) mass is 306 g/mol. The summed E-state index contributed by atoms with van der Waals surface area (Å²) in [5, 5.41) is 4.09. The van der Waals surface area contributed by atoms with Crippen LogP contribution in [0, 0.1) is 0 Å². The summed E-state index contributed by atoms with van der Waals surface area (Å²) in [6.07, 6.45) is 0. The lowest BCUT2D eigenvalue weighted by atomic mass is 10.1. The molecule has 0 fully saturated rings. The summed E-state index contributed by atoms with van der Waals surface area (Å²) in [4.78, 5) is 35.1. The Bertz CT molecular complexity index is 972. The first kappa shape index (κ1) is 13.3. The minimum Gasteiger partial charge on any atom is -0.496 e. The number of ether oxygens (including phenoxy) is 1. The first-order valence-corrected chi connectivity index (χ1v) is 6.84. The maximum absolute atomic E-state index is 11.8. The second-order valence-electron chi connectivity index (χ2n) is 4.99. The van der Waals surface area contributed by atoms with Crippen molar-refractivity contribution in [1.29, 1.82) is 0 Å². The minimum absolute atomic E-state index is 0.0314. The van der Waals surface area contributed by atoms with E-state index in [1.54, 1.807) is 7.11 Å². The van der Waals surface area contributed by atoms with Crippen LogP contribution in [-0.2, 0) is 4.79 Å². The van der Waals surface area contributed by atoms with E-state index in [4.69, 9.17) is 4.74 Å². The molecule has 23 heavy (non-hydrogen) atoms. The normalized spacial score (nSPS) is 16.5. The Morgan fingerprint density at radius 3 is 2.43 bits per heavy atom. The van der Waals surface area contributed by atoms with Gasteiger partial charge in [-0.15, -0.1) is 0 Å². The predicted molar refractivity (Wildman–Crippen MR) is 85.4 cm³/mol. The average Bonchev–Trinajstić information content (AvgIpc) is 2.97. The molecule has 0 radical (unpaired) electrons. The molecule has 0 bridgehead atoms. The molecule has 0 atom stereocenters. The summed E-state index contributed by atoms with van der Waals surface area (Å²) in [6.45, 7) is 0. The van der Waals surface area contributed by atoms with Gasteiger partial charge in [-0.1, -0.05) is 24.3 Å². The lowest BCUT2D eigenvalue weighted by Gasteiger charge is -2.08. The molecule has 3 amide bonds. The molecule has 0 aromatic heterocycles. The minimum atomic E-state index is -0.737. The van der Waals surface area contributed by atoms with Gasteiger partial charge in [-0.3, -0.25) is 10.1 Å². The number of imide groups is 1. The highest BCUT2D eigenvalue weighted by Crippen LogP contribution is 2.28. The van der Waals surface area contributed by atoms with Gasteiger partial charge < -0.3 is 4.74 Å². The number of nitrogens with zero attached hydrogens (tertiary/aromatic N) is 3. The zero-order chi connectivity index (χ0) is 16.0. The maximum atomic E-state index is 11.8. The lowest BCUT2D eigenvalue weighted by Crippen LogP contribution is -2.41. The Kier molecular flexibility index (Phi) is 2.80. The molecule has 0 saturated heterocycles. The van der Waals surface area contributed by atoms with E-state index in [0.717, 1.165) is 10.8 Å². The van der Waals surface area contributed by atoms with Crippen molar-refractivity contribution in [2.24, 2.45) is 15.0 Å². The van der Waals surface area contributed by atoms with Crippen molar-refractivity contribution in [2.45, 2.75) is 0 Å². The second kappa shape index (κ2) is 4.84. The number of amidine groups is 2. The van der Waals surface area contributed by atoms with Gasteiger partial charge in [0, 0.05) is 0 Å². The summed E-state index contributed by atoms with van der Waals surface area (Å²) in [7, 11) is 1.55. The van der Waals surface area contributed by atoms with Crippen LogP contribution in [0.1, 0.15) is 5.56 Å². The molecule has 0 unspecified atom stereocenters. The molecular weight excluding hydrogens is 296 g/mol. The highest BCUT2D eigenvalue weighted by molar-refractivity contribution is 6.72. The second-order valence-corrected chi connectivity index (χ2v) is 4.99. The van der Waals surface area contributed by atoms with Gasteiger partial charge in [-0.2, -0.15) is 4.99 Å². The number of carbonyl (C=O) groups excluding carboxylic acids is 2. The molecule has 0 aliphatic carbocycles. The number of methoxy groups -OCH3 is 1. The van der Waals surface area contributed by atoms with E-state index < -0.39 is 11.9 Å². The van der Waals surface area contributed by atoms with Crippen LogP contribution in [0.5, 0.6) is 5.75 Å². The number of urea groups is 1. The topological polar surface area (TPSA) is 92.5 Å². The third kappa shape index (κ3) is 2.10. The molecule has 0 spiro atoms. The zero-order valence-corrected chi connectivity index (χ0v) is 12.0. The molecule has 2 aliphatic rings. The summed E-state index contributed by atoms with van der Waals surface area (Å²) < 4.78 is 5.41. The zero-order valence-electron chi connectivity index (χ0n) is 12.0. The maximum Gasteiger partial charge on any atom is 0.350 e. The number of hydrogen-bond donors (Lipinski definition) is 1. The van der Waals surface area contributed by atoms with Crippen LogP contribution in [0.15, 0.2) is 51.4 Å². The fourth-order valence-electron chi connectivity index (χ4n) is 2.53. The molecule has 7 nitrogen and oxygen atoms in total. The van der Waals surface area contributed by atoms with Gasteiger partial charge in [-0.05, 0) is 22.9 Å². The van der Waals surface area contributed by atoms with Crippen LogP contribution >= 0.6 is 0 Å². The molecular formula is C16H10N4O3. The summed E-state index contributed by atoms with van der Waals surface area (Å²) in [5.74, 6) is 0.312. The highest BCUT2D eigenvalue weighted by atomic mass is 16.5. The fraction of sp³-hybridized carbons (Fsp3) is 0.0625. The predicted octanol–water partition coefficient (Wildman–Crippen LogP) is 1.70. The Morgan fingerprint density at radius 1 is 0.957 bits per heavy atom. The van der Waals surface area contributed by atoms with Crippen LogP contribution in [0.25, 0.3) is 10.8 Å². The number of fused-ring (bicyclic) bond motifs is 2. The summed E-state index contributed by atoms with van der Waals surface area (Å²) in [5.41, 5.74) is 0.672. The number of rotatable bonds is 2. The molecule has 2 aromatic carbocycles. The van der Waals surface area contributed by atoms with E-state index >= 15 is 0 Å². The van der Waals surface area contributed by atoms with Crippen LogP contribution < -0.4 is 10.1 Å². The van der Waals surface area contributed by atoms with Crippen molar-refractivity contribution in [2.75, 3.05) is 7.11 Å². The molecule has 2 heterocycles. The van der Waals surface area contributed by atoms with E-state index in [0.29, 0.717) is 17.1 Å². The molecule has 2 aliphatic heterocycles. The number of nitrogens with one attached hydrogen (secondary N) is 1. The number of amides is 3. The standard InChI is InChI=1S/C16H10N4O3/c1-23-11-7-9-5-3-2-4-8(9)6-10(11)13-17-12-14(18-13)19-16(22)20-15(12)21/h2-7H,1H3,(H,20,21,22). The van der Waals surface area contributed by atoms with E-state index in [-0.39, 0.29) is 11.5 Å². The summed E-state index contributed by atoms with van der Waals surface area (Å²) >= 11 is 0. The van der Waals surface area contributed by atoms with Crippen LogP contribution in [0.2, 0.25) is 0 Å². The van der Waals surface area contributed by atoms with Crippen molar-refractivity contribution >= 4 is 40.1 Å². The Hall–Kier alpha value is -3.35. The smallest absolute Gasteiger partial charge is 0.350 e. The van der Waals surface area contributed by atoms with Gasteiger partial charge in [0.25, 0.3) is 5.91 Å². The first-order valence-electron chi connectivity index (χ1n) is 6.84. The number of hydrogen-bond acceptors (Lipinski definition) is 5. The van der Waals surface area contributed by atoms with Crippen molar-refractivity contribution in [3.05, 3.63) is 42.0 Å². The Labute approximate surface area is 130 Å². The van der Waals surface area contributed by atoms with E-state index in [2.05, 4.69) is 20.3 Å². The van der Waals surface area contributed by atoms with Crippen molar-refractivity contribution in [3.63, 3.8) is 0 Å². The van der Waals surface area contributed by atoms with Gasteiger partial charge >= 0.3 is 6.03 Å². The number of benzene rings is 2. The van der Waals surface area contributed by atoms with E-state index in [9.17, 15) is 9.59 Å². The largest absolute Gasteiger partial charge is 0.496 e. The molecule has 0 saturated carbocycles. The quantitative estimate of drug-likeness (QED) is 0.915. The highest BCUT2D eigenvalue weighted by Gasteiger charge is 2.32. The van der Waals surface area contributed by atoms with E-state index in [1.807, 2.05) is 36.4 Å². The molecule has 2 aromatic rings. The molecule has 7 heteroatoms. The van der Waals surface area contributed by atoms with Crippen molar-refractivity contribution in [1.82, 2.24) is 5.32 Å². The first-order chi connectivity index (χ1) is 11.2. The lowest BCUT2D eigenvalue weighted by molar-refractivity contribution is -0.113. The Balaban J connectivity index is 1.90. The van der Waals surface area contributed by atoms with Gasteiger partial charge in [0.2, 0.25) is 0 Å². The number of carbonyl (C=O) groups is 2. The fourth-order valence-corrected chi connectivity index (χ4v) is 2.53. The Morgan fingerprint density at radius 2 is 1.70 bits per heavy atom. The van der Waals surface area contributed by atoms with Crippen molar-refractivity contribution in [3.8, 4) is 5.75 Å². The summed E-state index contributed by atoms with van der Waals surface area (Å²) in [6, 6.07) is 10.8. The van der Waals surface area contributed by atoms with Gasteiger partial charge in [-0.25, -0.2) is 14.8 Å². The van der Waals surface area contributed by atoms with Gasteiger partial charge in [0.15, 0.2) is 17.4 Å². The molecule has 4 rings (SSSR count). The van der Waals surface area contributed by atoms with E-state index in [1.165, 1.54) is 0 Å². The SMILES string of the molecule is COc1cc2ccccc2cc1C1=NC2=NC(=O)NC(=O)C2=N1. The average molecular weight is 306 g/mol. The van der Waals surface area contributed by atoms with Gasteiger partial charge in [0.05, 0.1) is 12.7 Å². The number of aliphatic imine (C=N–C) groups is 3. The van der Waals surface area contributed by atoms with Crippen LogP contribution in [0.3, 0.4) is 0 Å². The van der Waals surface area contributed by atoms with Gasteiger partial charge in [0.1, 0.15) is 5.75 Å². The third-order valence-corrected chi connectivity index (χ3v) is 3.59. The molecule has 1 N–H and O–H groups in total. The van der Waals surface area contributed by atoms with Crippen LogP contribution in [-0.4, -0.2) is 36.4 Å².